The molecule has 106 valence electrons. The molecule has 0 amide bonds. The minimum Gasteiger partial charge on any atom is -0.497 e. The molecule has 0 radical (unpaired) electrons. The highest BCUT2D eigenvalue weighted by molar-refractivity contribution is 9.10. The molecular formula is C16H17BrFNO. The van der Waals surface area contributed by atoms with Crippen molar-refractivity contribution in [2.45, 2.75) is 12.5 Å². The Balaban J connectivity index is 2.26. The van der Waals surface area contributed by atoms with Crippen molar-refractivity contribution >= 4 is 15.9 Å². The van der Waals surface area contributed by atoms with Gasteiger partial charge in [-0.25, -0.2) is 4.39 Å². The molecule has 1 N–H and O–H groups in total. The van der Waals surface area contributed by atoms with E-state index in [0.717, 1.165) is 15.8 Å². The number of methoxy groups -OCH3 is 1. The topological polar surface area (TPSA) is 21.3 Å². The Morgan fingerprint density at radius 2 is 2.05 bits per heavy atom. The summed E-state index contributed by atoms with van der Waals surface area (Å²) in [5.74, 6) is 0.613. The molecular weight excluding hydrogens is 321 g/mol. The third kappa shape index (κ3) is 3.58. The lowest BCUT2D eigenvalue weighted by Gasteiger charge is -2.18. The van der Waals surface area contributed by atoms with Gasteiger partial charge < -0.3 is 10.1 Å². The van der Waals surface area contributed by atoms with E-state index in [-0.39, 0.29) is 11.9 Å². The first kappa shape index (κ1) is 15.0. The Labute approximate surface area is 127 Å². The highest BCUT2D eigenvalue weighted by atomic mass is 79.9. The summed E-state index contributed by atoms with van der Waals surface area (Å²) in [7, 11) is 3.48. The van der Waals surface area contributed by atoms with Gasteiger partial charge in [-0.1, -0.05) is 28.1 Å². The molecule has 2 aromatic rings. The van der Waals surface area contributed by atoms with Crippen LogP contribution < -0.4 is 10.1 Å². The van der Waals surface area contributed by atoms with E-state index in [1.54, 1.807) is 13.2 Å². The molecule has 0 heterocycles. The number of ether oxygens (including phenoxy) is 1. The molecule has 20 heavy (non-hydrogen) atoms. The van der Waals surface area contributed by atoms with Gasteiger partial charge >= 0.3 is 0 Å². The average Bonchev–Trinajstić information content (AvgIpc) is 2.47. The van der Waals surface area contributed by atoms with E-state index in [1.165, 1.54) is 6.07 Å². The zero-order valence-electron chi connectivity index (χ0n) is 11.5. The first-order chi connectivity index (χ1) is 9.63. The maximum absolute atomic E-state index is 14.0. The molecule has 0 saturated heterocycles. The number of halogens is 2. The number of hydrogen-bond donors (Lipinski definition) is 1. The van der Waals surface area contributed by atoms with E-state index in [9.17, 15) is 4.39 Å². The lowest BCUT2D eigenvalue weighted by molar-refractivity contribution is 0.414. The number of rotatable bonds is 5. The van der Waals surface area contributed by atoms with Gasteiger partial charge in [-0.05, 0) is 49.4 Å². The summed E-state index contributed by atoms with van der Waals surface area (Å²) in [6.07, 6.45) is 0.696. The Bertz CT molecular complexity index is 588. The van der Waals surface area contributed by atoms with Crippen LogP contribution >= 0.6 is 15.9 Å². The summed E-state index contributed by atoms with van der Waals surface area (Å²) in [5.41, 5.74) is 1.76. The zero-order chi connectivity index (χ0) is 14.5. The van der Waals surface area contributed by atoms with Crippen molar-refractivity contribution in [1.82, 2.24) is 5.32 Å². The lowest BCUT2D eigenvalue weighted by atomic mass is 9.98. The van der Waals surface area contributed by atoms with Gasteiger partial charge in [0.15, 0.2) is 0 Å². The molecule has 4 heteroatoms. The minimum atomic E-state index is -0.199. The molecule has 0 fully saturated rings. The molecule has 1 unspecified atom stereocenters. The second kappa shape index (κ2) is 6.86. The molecule has 0 bridgehead atoms. The fourth-order valence-corrected chi connectivity index (χ4v) is 2.56. The lowest BCUT2D eigenvalue weighted by Crippen LogP contribution is -2.20. The van der Waals surface area contributed by atoms with Crippen LogP contribution in [0.25, 0.3) is 0 Å². The van der Waals surface area contributed by atoms with E-state index in [4.69, 9.17) is 4.74 Å². The van der Waals surface area contributed by atoms with Crippen molar-refractivity contribution < 1.29 is 9.13 Å². The second-order valence-corrected chi connectivity index (χ2v) is 5.48. The summed E-state index contributed by atoms with van der Waals surface area (Å²) < 4.78 is 20.1. The van der Waals surface area contributed by atoms with Gasteiger partial charge in [-0.2, -0.15) is 0 Å². The molecule has 0 spiro atoms. The average molecular weight is 338 g/mol. The van der Waals surface area contributed by atoms with Gasteiger partial charge in [-0.15, -0.1) is 0 Å². The van der Waals surface area contributed by atoms with Crippen LogP contribution in [0.2, 0.25) is 0 Å². The third-order valence-corrected chi connectivity index (χ3v) is 3.75. The smallest absolute Gasteiger partial charge is 0.128 e. The monoisotopic (exact) mass is 337 g/mol. The maximum Gasteiger partial charge on any atom is 0.128 e. The van der Waals surface area contributed by atoms with E-state index in [0.29, 0.717) is 12.0 Å². The molecule has 2 aromatic carbocycles. The van der Waals surface area contributed by atoms with Gasteiger partial charge in [0, 0.05) is 16.1 Å². The fraction of sp³-hybridized carbons (Fsp3) is 0.250. The first-order valence-electron chi connectivity index (χ1n) is 6.39. The number of benzene rings is 2. The standard InChI is InChI=1S/C16H17BrFNO/c1-19-16(14-10-12(17)6-7-15(14)18)9-11-4-3-5-13(8-11)20-2/h3-8,10,16,19H,9H2,1-2H3. The van der Waals surface area contributed by atoms with Crippen LogP contribution in [0.1, 0.15) is 17.2 Å². The van der Waals surface area contributed by atoms with Crippen molar-refractivity contribution in [2.24, 2.45) is 0 Å². The van der Waals surface area contributed by atoms with Crippen molar-refractivity contribution in [3.63, 3.8) is 0 Å². The molecule has 0 aromatic heterocycles. The van der Waals surface area contributed by atoms with Gasteiger partial charge in [0.05, 0.1) is 7.11 Å². The highest BCUT2D eigenvalue weighted by Crippen LogP contribution is 2.25. The van der Waals surface area contributed by atoms with Crippen molar-refractivity contribution in [1.29, 1.82) is 0 Å². The number of likely N-dealkylation sites (N-methyl/N-ethyl adjacent to an activating group) is 1. The van der Waals surface area contributed by atoms with Gasteiger partial charge in [0.2, 0.25) is 0 Å². The van der Waals surface area contributed by atoms with E-state index in [2.05, 4.69) is 21.2 Å². The third-order valence-electron chi connectivity index (χ3n) is 3.26. The molecule has 0 aliphatic carbocycles. The molecule has 0 saturated carbocycles. The van der Waals surface area contributed by atoms with Crippen LogP contribution in [0.3, 0.4) is 0 Å². The Morgan fingerprint density at radius 1 is 1.25 bits per heavy atom. The van der Waals surface area contributed by atoms with Crippen LogP contribution in [0, 0.1) is 5.82 Å². The SMILES string of the molecule is CNC(Cc1cccc(OC)c1)c1cc(Br)ccc1F. The summed E-state index contributed by atoms with van der Waals surface area (Å²) in [4.78, 5) is 0. The van der Waals surface area contributed by atoms with E-state index in [1.807, 2.05) is 37.4 Å². The van der Waals surface area contributed by atoms with Crippen LogP contribution in [0.5, 0.6) is 5.75 Å². The predicted molar refractivity (Wildman–Crippen MR) is 82.6 cm³/mol. The van der Waals surface area contributed by atoms with E-state index < -0.39 is 0 Å². The largest absolute Gasteiger partial charge is 0.497 e. The molecule has 1 atom stereocenters. The predicted octanol–water partition coefficient (Wildman–Crippen LogP) is 4.10. The minimum absolute atomic E-state index is 0.0837. The zero-order valence-corrected chi connectivity index (χ0v) is 13.1. The summed E-state index contributed by atoms with van der Waals surface area (Å²) in [6.45, 7) is 0. The second-order valence-electron chi connectivity index (χ2n) is 4.56. The van der Waals surface area contributed by atoms with Crippen molar-refractivity contribution in [3.05, 3.63) is 63.9 Å². The van der Waals surface area contributed by atoms with Gasteiger partial charge in [0.25, 0.3) is 0 Å². The fourth-order valence-electron chi connectivity index (χ4n) is 2.18. The summed E-state index contributed by atoms with van der Waals surface area (Å²) in [6, 6.07) is 12.8. The quantitative estimate of drug-likeness (QED) is 0.886. The maximum atomic E-state index is 14.0. The normalized spacial score (nSPS) is 12.2. The summed E-state index contributed by atoms with van der Waals surface area (Å²) in [5, 5.41) is 3.17. The first-order valence-corrected chi connectivity index (χ1v) is 7.18. The van der Waals surface area contributed by atoms with Crippen molar-refractivity contribution in [2.75, 3.05) is 14.2 Å². The Kier molecular flexibility index (Phi) is 5.15. The highest BCUT2D eigenvalue weighted by Gasteiger charge is 2.15. The van der Waals surface area contributed by atoms with Crippen LogP contribution in [-0.2, 0) is 6.42 Å². The van der Waals surface area contributed by atoms with Gasteiger partial charge in [-0.3, -0.25) is 0 Å². The van der Waals surface area contributed by atoms with Crippen molar-refractivity contribution in [3.8, 4) is 5.75 Å². The summed E-state index contributed by atoms with van der Waals surface area (Å²) >= 11 is 3.39. The Morgan fingerprint density at radius 3 is 2.75 bits per heavy atom. The van der Waals surface area contributed by atoms with Crippen LogP contribution in [-0.4, -0.2) is 14.2 Å². The molecule has 0 aliphatic heterocycles. The van der Waals surface area contributed by atoms with Gasteiger partial charge in [0.1, 0.15) is 11.6 Å². The number of nitrogens with one attached hydrogen (secondary N) is 1. The van der Waals surface area contributed by atoms with Crippen LogP contribution in [0.15, 0.2) is 46.9 Å². The Hall–Kier alpha value is -1.39. The van der Waals surface area contributed by atoms with Crippen LogP contribution in [0.4, 0.5) is 4.39 Å². The number of hydrogen-bond acceptors (Lipinski definition) is 2. The molecule has 2 rings (SSSR count). The van der Waals surface area contributed by atoms with E-state index >= 15 is 0 Å². The molecule has 2 nitrogen and oxygen atoms in total. The molecule has 0 aliphatic rings.